The van der Waals surface area contributed by atoms with Gasteiger partial charge in [0.25, 0.3) is 0 Å². The van der Waals surface area contributed by atoms with Gasteiger partial charge in [0.05, 0.1) is 5.75 Å². The first-order chi connectivity index (χ1) is 11.4. The van der Waals surface area contributed by atoms with E-state index in [4.69, 9.17) is 0 Å². The number of aromatic nitrogens is 1. The zero-order valence-electron chi connectivity index (χ0n) is 15.3. The standard InChI is InChI=1S/C21H38NS/c1-2-3-4-5-6-7-8-9-10-11-12-16-20-23-21-19-22-17-14-13-15-18-22/h13-15,17-18H,2-12,16,19-21H2,1H3/q+1. The highest BCUT2D eigenvalue weighted by atomic mass is 32.2. The summed E-state index contributed by atoms with van der Waals surface area (Å²) in [6.07, 6.45) is 21.6. The van der Waals surface area contributed by atoms with E-state index in [2.05, 4.69) is 53.8 Å². The van der Waals surface area contributed by atoms with Crippen LogP contribution in [-0.4, -0.2) is 11.5 Å². The van der Waals surface area contributed by atoms with Crippen LogP contribution in [0.4, 0.5) is 0 Å². The minimum atomic E-state index is 1.14. The molecule has 0 bridgehead atoms. The smallest absolute Gasteiger partial charge is 0.168 e. The molecule has 0 fully saturated rings. The summed E-state index contributed by atoms with van der Waals surface area (Å²) in [4.78, 5) is 0. The SMILES string of the molecule is CCCCCCCCCCCCCCSCC[n+]1ccccc1. The monoisotopic (exact) mass is 336 g/mol. The van der Waals surface area contributed by atoms with E-state index in [1.807, 2.05) is 0 Å². The molecule has 1 nitrogen and oxygen atoms in total. The zero-order valence-corrected chi connectivity index (χ0v) is 16.2. The highest BCUT2D eigenvalue weighted by molar-refractivity contribution is 7.99. The highest BCUT2D eigenvalue weighted by Gasteiger charge is 1.98. The summed E-state index contributed by atoms with van der Waals surface area (Å²) < 4.78 is 2.27. The fourth-order valence-corrected chi connectivity index (χ4v) is 3.85. The van der Waals surface area contributed by atoms with Gasteiger partial charge in [0.2, 0.25) is 0 Å². The summed E-state index contributed by atoms with van der Waals surface area (Å²) in [5.74, 6) is 2.58. The van der Waals surface area contributed by atoms with Gasteiger partial charge in [-0.3, -0.25) is 0 Å². The molecule has 1 aromatic rings. The number of rotatable bonds is 16. The largest absolute Gasteiger partial charge is 0.204 e. The van der Waals surface area contributed by atoms with Gasteiger partial charge >= 0.3 is 0 Å². The molecule has 1 rings (SSSR count). The Hall–Kier alpha value is -0.500. The maximum absolute atomic E-state index is 2.29. The minimum Gasteiger partial charge on any atom is -0.204 e. The van der Waals surface area contributed by atoms with E-state index in [-0.39, 0.29) is 0 Å². The number of unbranched alkanes of at least 4 members (excludes halogenated alkanes) is 11. The van der Waals surface area contributed by atoms with Crippen LogP contribution < -0.4 is 4.57 Å². The van der Waals surface area contributed by atoms with Gasteiger partial charge in [-0.1, -0.05) is 83.6 Å². The summed E-state index contributed by atoms with van der Waals surface area (Å²) >= 11 is 2.11. The Bertz CT molecular complexity index is 339. The van der Waals surface area contributed by atoms with Crippen LogP contribution in [0.15, 0.2) is 30.6 Å². The van der Waals surface area contributed by atoms with Gasteiger partial charge in [-0.2, -0.15) is 11.8 Å². The van der Waals surface area contributed by atoms with Gasteiger partial charge in [0, 0.05) is 12.1 Å². The average Bonchev–Trinajstić information content (AvgIpc) is 2.59. The van der Waals surface area contributed by atoms with Crippen molar-refractivity contribution in [3.05, 3.63) is 30.6 Å². The van der Waals surface area contributed by atoms with Crippen molar-refractivity contribution in [3.8, 4) is 0 Å². The van der Waals surface area contributed by atoms with Gasteiger partial charge in [-0.25, -0.2) is 4.57 Å². The second-order valence-electron chi connectivity index (χ2n) is 6.61. The molecule has 2 heteroatoms. The van der Waals surface area contributed by atoms with Crippen molar-refractivity contribution in [2.24, 2.45) is 0 Å². The first kappa shape index (κ1) is 20.5. The molecular weight excluding hydrogens is 298 g/mol. The minimum absolute atomic E-state index is 1.14. The Morgan fingerprint density at radius 3 is 1.70 bits per heavy atom. The maximum atomic E-state index is 2.29. The molecule has 23 heavy (non-hydrogen) atoms. The number of nitrogens with zero attached hydrogens (tertiary/aromatic N) is 1. The lowest BCUT2D eigenvalue weighted by Crippen LogP contribution is -2.33. The van der Waals surface area contributed by atoms with Crippen LogP contribution in [0.5, 0.6) is 0 Å². The number of thioether (sulfide) groups is 1. The van der Waals surface area contributed by atoms with Gasteiger partial charge in [-0.15, -0.1) is 0 Å². The molecule has 0 atom stereocenters. The fourth-order valence-electron chi connectivity index (χ4n) is 2.90. The third-order valence-electron chi connectivity index (χ3n) is 4.41. The quantitative estimate of drug-likeness (QED) is 0.249. The van der Waals surface area contributed by atoms with E-state index in [1.165, 1.54) is 88.6 Å². The van der Waals surface area contributed by atoms with Crippen LogP contribution in [0, 0.1) is 0 Å². The van der Waals surface area contributed by atoms with Crippen molar-refractivity contribution in [3.63, 3.8) is 0 Å². The van der Waals surface area contributed by atoms with Crippen LogP contribution in [0.1, 0.15) is 84.0 Å². The van der Waals surface area contributed by atoms with Crippen LogP contribution >= 0.6 is 11.8 Å². The maximum Gasteiger partial charge on any atom is 0.168 e. The predicted octanol–water partition coefficient (Wildman–Crippen LogP) is 6.41. The Labute approximate surface area is 149 Å². The summed E-state index contributed by atoms with van der Waals surface area (Å²) in [7, 11) is 0. The third kappa shape index (κ3) is 13.6. The first-order valence-electron chi connectivity index (χ1n) is 9.95. The van der Waals surface area contributed by atoms with E-state index in [1.54, 1.807) is 0 Å². The number of hydrogen-bond donors (Lipinski definition) is 0. The summed E-state index contributed by atoms with van der Waals surface area (Å²) in [6, 6.07) is 6.29. The van der Waals surface area contributed by atoms with E-state index in [9.17, 15) is 0 Å². The molecule has 0 spiro atoms. The normalized spacial score (nSPS) is 11.0. The first-order valence-corrected chi connectivity index (χ1v) is 11.1. The zero-order chi connectivity index (χ0) is 16.4. The highest BCUT2D eigenvalue weighted by Crippen LogP contribution is 2.13. The Morgan fingerprint density at radius 2 is 1.13 bits per heavy atom. The van der Waals surface area contributed by atoms with Gasteiger partial charge in [0.1, 0.15) is 0 Å². The Kier molecular flexibility index (Phi) is 14.6. The van der Waals surface area contributed by atoms with Crippen molar-refractivity contribution >= 4 is 11.8 Å². The lowest BCUT2D eigenvalue weighted by atomic mass is 10.1. The van der Waals surface area contributed by atoms with Crippen molar-refractivity contribution in [2.75, 3.05) is 11.5 Å². The van der Waals surface area contributed by atoms with E-state index in [0.717, 1.165) is 6.54 Å². The molecule has 0 saturated heterocycles. The summed E-state index contributed by atoms with van der Waals surface area (Å²) in [5.41, 5.74) is 0. The average molecular weight is 337 g/mol. The number of hydrogen-bond acceptors (Lipinski definition) is 1. The van der Waals surface area contributed by atoms with Crippen molar-refractivity contribution in [1.29, 1.82) is 0 Å². The molecule has 1 aromatic heterocycles. The van der Waals surface area contributed by atoms with Gasteiger partial charge in [0.15, 0.2) is 18.9 Å². The molecule has 0 N–H and O–H groups in total. The molecule has 0 amide bonds. The van der Waals surface area contributed by atoms with Crippen molar-refractivity contribution < 1.29 is 4.57 Å². The molecule has 0 aliphatic rings. The van der Waals surface area contributed by atoms with Crippen LogP contribution in [0.3, 0.4) is 0 Å². The summed E-state index contributed by atoms with van der Waals surface area (Å²) in [6.45, 7) is 3.44. The van der Waals surface area contributed by atoms with Gasteiger partial charge < -0.3 is 0 Å². The lowest BCUT2D eigenvalue weighted by molar-refractivity contribution is -0.692. The van der Waals surface area contributed by atoms with Crippen LogP contribution in [0.25, 0.3) is 0 Å². The molecule has 0 saturated carbocycles. The lowest BCUT2D eigenvalue weighted by Gasteiger charge is -2.03. The number of aryl methyl sites for hydroxylation is 1. The van der Waals surface area contributed by atoms with Crippen LogP contribution in [-0.2, 0) is 6.54 Å². The predicted molar refractivity (Wildman–Crippen MR) is 105 cm³/mol. The Balaban J connectivity index is 1.72. The fraction of sp³-hybridized carbons (Fsp3) is 0.762. The van der Waals surface area contributed by atoms with Gasteiger partial charge in [-0.05, 0) is 12.2 Å². The Morgan fingerprint density at radius 1 is 0.609 bits per heavy atom. The number of pyridine rings is 1. The van der Waals surface area contributed by atoms with Crippen LogP contribution in [0.2, 0.25) is 0 Å². The topological polar surface area (TPSA) is 3.88 Å². The molecule has 0 aliphatic heterocycles. The molecule has 132 valence electrons. The van der Waals surface area contributed by atoms with Crippen molar-refractivity contribution in [2.45, 2.75) is 90.5 Å². The molecule has 0 radical (unpaired) electrons. The van der Waals surface area contributed by atoms with E-state index in [0.29, 0.717) is 0 Å². The third-order valence-corrected chi connectivity index (χ3v) is 5.46. The van der Waals surface area contributed by atoms with E-state index >= 15 is 0 Å². The molecule has 0 aromatic carbocycles. The van der Waals surface area contributed by atoms with Crippen molar-refractivity contribution in [1.82, 2.24) is 0 Å². The molecule has 0 unspecified atom stereocenters. The molecular formula is C21H38NS+. The summed E-state index contributed by atoms with van der Waals surface area (Å²) in [5, 5.41) is 0. The second kappa shape index (κ2) is 16.4. The molecule has 1 heterocycles. The molecule has 0 aliphatic carbocycles. The second-order valence-corrected chi connectivity index (χ2v) is 7.84. The van der Waals surface area contributed by atoms with E-state index < -0.39 is 0 Å².